The molecule has 0 bridgehead atoms. The van der Waals surface area contributed by atoms with Gasteiger partial charge in [-0.2, -0.15) is 0 Å². The molecule has 0 spiro atoms. The average Bonchev–Trinajstić information content (AvgIpc) is 2.46. The molecule has 0 aliphatic rings. The van der Waals surface area contributed by atoms with Crippen LogP contribution in [0.15, 0.2) is 18.2 Å². The Balaban J connectivity index is 2.76. The van der Waals surface area contributed by atoms with Crippen LogP contribution in [0.5, 0.6) is 0 Å². The predicted octanol–water partition coefficient (Wildman–Crippen LogP) is -0.538. The van der Waals surface area contributed by atoms with Gasteiger partial charge < -0.3 is 26.6 Å². The van der Waals surface area contributed by atoms with Gasteiger partial charge in [0.1, 0.15) is 6.04 Å². The molecule has 1 rings (SSSR count). The SMILES string of the molecule is C[C@H](N)C(=O)N[C@@H](C)C(=O)Nc1cc(CO)cc(CO)c1. The second-order valence-electron chi connectivity index (χ2n) is 4.86. The lowest BCUT2D eigenvalue weighted by Gasteiger charge is -2.16. The number of aliphatic hydroxyl groups is 2. The summed E-state index contributed by atoms with van der Waals surface area (Å²) in [5.41, 5.74) is 7.00. The van der Waals surface area contributed by atoms with Crippen LogP contribution in [-0.2, 0) is 22.8 Å². The number of hydrogen-bond donors (Lipinski definition) is 5. The number of carbonyl (C=O) groups is 2. The van der Waals surface area contributed by atoms with Crippen LogP contribution in [0.25, 0.3) is 0 Å². The molecular weight excluding hydrogens is 274 g/mol. The quantitative estimate of drug-likeness (QED) is 0.482. The van der Waals surface area contributed by atoms with Crippen LogP contribution in [-0.4, -0.2) is 34.1 Å². The van der Waals surface area contributed by atoms with Crippen molar-refractivity contribution in [1.82, 2.24) is 5.32 Å². The van der Waals surface area contributed by atoms with Crippen molar-refractivity contribution < 1.29 is 19.8 Å². The summed E-state index contributed by atoms with van der Waals surface area (Å²) >= 11 is 0. The lowest BCUT2D eigenvalue weighted by Crippen LogP contribution is -2.47. The molecule has 0 aromatic heterocycles. The maximum absolute atomic E-state index is 12.0. The molecule has 1 aromatic carbocycles. The lowest BCUT2D eigenvalue weighted by molar-refractivity contribution is -0.126. The maximum atomic E-state index is 12.0. The molecule has 7 heteroatoms. The van der Waals surface area contributed by atoms with Gasteiger partial charge in [-0.15, -0.1) is 0 Å². The number of nitrogens with one attached hydrogen (secondary N) is 2. The van der Waals surface area contributed by atoms with Gasteiger partial charge in [-0.25, -0.2) is 0 Å². The van der Waals surface area contributed by atoms with Gasteiger partial charge in [0.2, 0.25) is 11.8 Å². The first-order valence-corrected chi connectivity index (χ1v) is 6.58. The van der Waals surface area contributed by atoms with E-state index in [1.807, 2.05) is 0 Å². The Bertz CT molecular complexity index is 495. The minimum atomic E-state index is -0.751. The van der Waals surface area contributed by atoms with Gasteiger partial charge in [0, 0.05) is 5.69 Å². The normalized spacial score (nSPS) is 13.4. The first-order chi connectivity index (χ1) is 9.87. The second-order valence-corrected chi connectivity index (χ2v) is 4.86. The van der Waals surface area contributed by atoms with Crippen molar-refractivity contribution in [3.63, 3.8) is 0 Å². The zero-order valence-electron chi connectivity index (χ0n) is 12.1. The van der Waals surface area contributed by atoms with Crippen LogP contribution in [0.1, 0.15) is 25.0 Å². The fourth-order valence-corrected chi connectivity index (χ4v) is 1.68. The maximum Gasteiger partial charge on any atom is 0.246 e. The van der Waals surface area contributed by atoms with Gasteiger partial charge in [-0.1, -0.05) is 6.07 Å². The standard InChI is InChI=1S/C14H21N3O4/c1-8(15)13(20)16-9(2)14(21)17-12-4-10(6-18)3-11(5-12)7-19/h3-5,8-9,18-19H,6-7,15H2,1-2H3,(H,16,20)(H,17,21)/t8-,9-/m0/s1. The molecule has 21 heavy (non-hydrogen) atoms. The van der Waals surface area contributed by atoms with Crippen molar-refractivity contribution in [2.45, 2.75) is 39.1 Å². The first kappa shape index (κ1) is 17.1. The van der Waals surface area contributed by atoms with Crippen molar-refractivity contribution in [3.8, 4) is 0 Å². The molecule has 116 valence electrons. The van der Waals surface area contributed by atoms with Crippen LogP contribution in [0.3, 0.4) is 0 Å². The molecular formula is C14H21N3O4. The molecule has 2 atom stereocenters. The second kappa shape index (κ2) is 7.72. The fourth-order valence-electron chi connectivity index (χ4n) is 1.68. The van der Waals surface area contributed by atoms with Crippen LogP contribution in [0.2, 0.25) is 0 Å². The van der Waals surface area contributed by atoms with E-state index >= 15 is 0 Å². The van der Waals surface area contributed by atoms with E-state index in [1.165, 1.54) is 6.92 Å². The summed E-state index contributed by atoms with van der Waals surface area (Å²) < 4.78 is 0. The van der Waals surface area contributed by atoms with Crippen molar-refractivity contribution in [2.24, 2.45) is 5.73 Å². The highest BCUT2D eigenvalue weighted by Gasteiger charge is 2.17. The number of rotatable bonds is 6. The van der Waals surface area contributed by atoms with Crippen LogP contribution >= 0.6 is 0 Å². The highest BCUT2D eigenvalue weighted by Crippen LogP contribution is 2.15. The van der Waals surface area contributed by atoms with E-state index in [1.54, 1.807) is 25.1 Å². The van der Waals surface area contributed by atoms with Crippen LogP contribution in [0, 0.1) is 0 Å². The summed E-state index contributed by atoms with van der Waals surface area (Å²) in [4.78, 5) is 23.4. The van der Waals surface area contributed by atoms with Crippen molar-refractivity contribution >= 4 is 17.5 Å². The highest BCUT2D eigenvalue weighted by molar-refractivity contribution is 5.97. The summed E-state index contributed by atoms with van der Waals surface area (Å²) in [6, 6.07) is 3.38. The molecule has 6 N–H and O–H groups in total. The predicted molar refractivity (Wildman–Crippen MR) is 78.2 cm³/mol. The largest absolute Gasteiger partial charge is 0.392 e. The minimum absolute atomic E-state index is 0.201. The number of nitrogens with two attached hydrogens (primary N) is 1. The molecule has 0 heterocycles. The highest BCUT2D eigenvalue weighted by atomic mass is 16.3. The van der Waals surface area contributed by atoms with Crippen molar-refractivity contribution in [1.29, 1.82) is 0 Å². The molecule has 2 amide bonds. The number of aliphatic hydroxyl groups excluding tert-OH is 2. The summed E-state index contributed by atoms with van der Waals surface area (Å²) in [6.45, 7) is 2.66. The van der Waals surface area contributed by atoms with E-state index in [4.69, 9.17) is 15.9 Å². The zero-order chi connectivity index (χ0) is 16.0. The minimum Gasteiger partial charge on any atom is -0.392 e. The van der Waals surface area contributed by atoms with Crippen molar-refractivity contribution in [2.75, 3.05) is 5.32 Å². The smallest absolute Gasteiger partial charge is 0.246 e. The van der Waals surface area contributed by atoms with E-state index < -0.39 is 23.9 Å². The Morgan fingerprint density at radius 3 is 2.05 bits per heavy atom. The van der Waals surface area contributed by atoms with Crippen LogP contribution in [0.4, 0.5) is 5.69 Å². The third-order valence-corrected chi connectivity index (χ3v) is 2.85. The van der Waals surface area contributed by atoms with Gasteiger partial charge in [-0.05, 0) is 37.1 Å². The molecule has 0 unspecified atom stereocenters. The van der Waals surface area contributed by atoms with E-state index in [-0.39, 0.29) is 13.2 Å². The third-order valence-electron chi connectivity index (χ3n) is 2.85. The van der Waals surface area contributed by atoms with Crippen LogP contribution < -0.4 is 16.4 Å². The number of carbonyl (C=O) groups excluding carboxylic acids is 2. The summed E-state index contributed by atoms with van der Waals surface area (Å²) in [6.07, 6.45) is 0. The third kappa shape index (κ3) is 5.14. The average molecular weight is 295 g/mol. The Morgan fingerprint density at radius 2 is 1.62 bits per heavy atom. The fraction of sp³-hybridized carbons (Fsp3) is 0.429. The summed E-state index contributed by atoms with van der Waals surface area (Å²) in [5, 5.41) is 23.4. The van der Waals surface area contributed by atoms with Gasteiger partial charge in [0.05, 0.1) is 19.3 Å². The van der Waals surface area contributed by atoms with Crippen molar-refractivity contribution in [3.05, 3.63) is 29.3 Å². The molecule has 0 aliphatic heterocycles. The number of anilines is 1. The molecule has 7 nitrogen and oxygen atoms in total. The Kier molecular flexibility index (Phi) is 6.29. The number of hydrogen-bond acceptors (Lipinski definition) is 5. The zero-order valence-corrected chi connectivity index (χ0v) is 12.1. The van der Waals surface area contributed by atoms with Gasteiger partial charge in [0.15, 0.2) is 0 Å². The molecule has 0 radical (unpaired) electrons. The van der Waals surface area contributed by atoms with E-state index in [9.17, 15) is 9.59 Å². The topological polar surface area (TPSA) is 125 Å². The van der Waals surface area contributed by atoms with Gasteiger partial charge >= 0.3 is 0 Å². The molecule has 0 aliphatic carbocycles. The molecule has 0 saturated heterocycles. The van der Waals surface area contributed by atoms with E-state index in [2.05, 4.69) is 10.6 Å². The van der Waals surface area contributed by atoms with E-state index in [0.29, 0.717) is 16.8 Å². The molecule has 1 aromatic rings. The summed E-state index contributed by atoms with van der Waals surface area (Å²) in [5.74, 6) is -0.833. The monoisotopic (exact) mass is 295 g/mol. The van der Waals surface area contributed by atoms with Gasteiger partial charge in [0.25, 0.3) is 0 Å². The molecule has 0 fully saturated rings. The number of amides is 2. The van der Waals surface area contributed by atoms with E-state index in [0.717, 1.165) is 0 Å². The summed E-state index contributed by atoms with van der Waals surface area (Å²) in [7, 11) is 0. The Hall–Kier alpha value is -1.96. The lowest BCUT2D eigenvalue weighted by atomic mass is 10.1. The van der Waals surface area contributed by atoms with Gasteiger partial charge in [-0.3, -0.25) is 9.59 Å². The Labute approximate surface area is 123 Å². The molecule has 0 saturated carbocycles. The first-order valence-electron chi connectivity index (χ1n) is 6.58. The number of benzene rings is 1. The Morgan fingerprint density at radius 1 is 1.10 bits per heavy atom.